The van der Waals surface area contributed by atoms with E-state index in [9.17, 15) is 4.79 Å². The molecule has 1 heterocycles. The first-order chi connectivity index (χ1) is 12.2. The Bertz CT molecular complexity index is 1000. The predicted octanol–water partition coefficient (Wildman–Crippen LogP) is 5.74. The van der Waals surface area contributed by atoms with Crippen molar-refractivity contribution in [3.8, 4) is 11.5 Å². The average molecular weight is 345 g/mol. The largest absolute Gasteiger partial charge is 0.436 e. The molecule has 4 aromatic rings. The lowest BCUT2D eigenvalue weighted by Gasteiger charge is -2.02. The fraction of sp³-hybridized carbons (Fsp3) is 0.0476. The van der Waals surface area contributed by atoms with E-state index < -0.39 is 0 Å². The third kappa shape index (κ3) is 3.35. The molecule has 3 nitrogen and oxygen atoms in total. The second-order valence-corrected chi connectivity index (χ2v) is 6.81. The summed E-state index contributed by atoms with van der Waals surface area (Å²) in [5.41, 5.74) is 4.28. The van der Waals surface area contributed by atoms with Gasteiger partial charge in [0.15, 0.2) is 5.58 Å². The lowest BCUT2D eigenvalue weighted by atomic mass is 10.1. The molecule has 0 fully saturated rings. The minimum Gasteiger partial charge on any atom is -0.436 e. The average Bonchev–Trinajstić information content (AvgIpc) is 3.08. The van der Waals surface area contributed by atoms with Gasteiger partial charge in [0.2, 0.25) is 11.0 Å². The van der Waals surface area contributed by atoms with E-state index in [0.29, 0.717) is 11.5 Å². The van der Waals surface area contributed by atoms with Crippen LogP contribution in [-0.2, 0) is 0 Å². The fourth-order valence-corrected chi connectivity index (χ4v) is 3.26. The topological polar surface area (TPSA) is 43.1 Å². The number of carbonyl (C=O) groups excluding carboxylic acids is 1. The van der Waals surface area contributed by atoms with Gasteiger partial charge in [-0.05, 0) is 67.2 Å². The van der Waals surface area contributed by atoms with Crippen LogP contribution < -0.4 is 0 Å². The number of rotatable bonds is 3. The summed E-state index contributed by atoms with van der Waals surface area (Å²) in [4.78, 5) is 17.8. The second-order valence-electron chi connectivity index (χ2n) is 5.77. The molecule has 1 aromatic heterocycles. The van der Waals surface area contributed by atoms with Crippen LogP contribution in [0.2, 0.25) is 0 Å². The number of thioether (sulfide) groups is 1. The third-order valence-electron chi connectivity index (χ3n) is 3.89. The molecule has 122 valence electrons. The number of oxazole rings is 1. The highest BCUT2D eigenvalue weighted by atomic mass is 32.2. The Hall–Kier alpha value is -2.85. The molecule has 25 heavy (non-hydrogen) atoms. The van der Waals surface area contributed by atoms with E-state index in [1.165, 1.54) is 17.3 Å². The lowest BCUT2D eigenvalue weighted by molar-refractivity contribution is 0.108. The zero-order chi connectivity index (χ0) is 17.2. The Balaban J connectivity index is 1.54. The maximum Gasteiger partial charge on any atom is 0.227 e. The van der Waals surface area contributed by atoms with Crippen LogP contribution in [0.3, 0.4) is 0 Å². The first-order valence-corrected chi connectivity index (χ1v) is 8.75. The molecule has 0 saturated carbocycles. The van der Waals surface area contributed by atoms with Gasteiger partial charge in [-0.2, -0.15) is 0 Å². The van der Waals surface area contributed by atoms with E-state index in [2.05, 4.69) is 4.98 Å². The van der Waals surface area contributed by atoms with Gasteiger partial charge < -0.3 is 4.42 Å². The number of aromatic nitrogens is 1. The molecule has 0 aliphatic heterocycles. The molecule has 0 aliphatic rings. The summed E-state index contributed by atoms with van der Waals surface area (Å²) < 4.78 is 5.76. The van der Waals surface area contributed by atoms with Crippen LogP contribution in [0.4, 0.5) is 0 Å². The molecule has 0 N–H and O–H groups in total. The number of benzene rings is 3. The van der Waals surface area contributed by atoms with Gasteiger partial charge in [0, 0.05) is 16.0 Å². The number of para-hydroxylation sites is 2. The smallest absolute Gasteiger partial charge is 0.227 e. The van der Waals surface area contributed by atoms with Crippen molar-refractivity contribution in [1.29, 1.82) is 0 Å². The summed E-state index contributed by atoms with van der Waals surface area (Å²) in [7, 11) is 0. The van der Waals surface area contributed by atoms with Crippen LogP contribution in [0.5, 0.6) is 0 Å². The van der Waals surface area contributed by atoms with Gasteiger partial charge in [0.1, 0.15) is 5.52 Å². The molecule has 4 rings (SSSR count). The van der Waals surface area contributed by atoms with Gasteiger partial charge >= 0.3 is 0 Å². The molecule has 0 bridgehead atoms. The first kappa shape index (κ1) is 15.7. The number of hydrogen-bond acceptors (Lipinski definition) is 4. The van der Waals surface area contributed by atoms with Crippen molar-refractivity contribution in [1.82, 2.24) is 4.98 Å². The van der Waals surface area contributed by atoms with Gasteiger partial charge in [-0.15, -0.1) is 0 Å². The minimum atomic E-state index is 0.0213. The molecule has 0 spiro atoms. The maximum atomic E-state index is 12.4. The Morgan fingerprint density at radius 3 is 2.36 bits per heavy atom. The highest BCUT2D eigenvalue weighted by molar-refractivity contribution is 8.14. The molecule has 0 radical (unpaired) electrons. The fourth-order valence-electron chi connectivity index (χ4n) is 2.52. The normalized spacial score (nSPS) is 10.9. The van der Waals surface area contributed by atoms with Gasteiger partial charge in [-0.3, -0.25) is 4.79 Å². The van der Waals surface area contributed by atoms with E-state index in [1.807, 2.05) is 79.7 Å². The Labute approximate surface area is 149 Å². The van der Waals surface area contributed by atoms with E-state index >= 15 is 0 Å². The van der Waals surface area contributed by atoms with Crippen LogP contribution in [-0.4, -0.2) is 10.1 Å². The summed E-state index contributed by atoms with van der Waals surface area (Å²) >= 11 is 1.23. The Morgan fingerprint density at radius 2 is 1.64 bits per heavy atom. The van der Waals surface area contributed by atoms with E-state index in [4.69, 9.17) is 4.42 Å². The van der Waals surface area contributed by atoms with Gasteiger partial charge in [0.25, 0.3) is 0 Å². The van der Waals surface area contributed by atoms with Crippen LogP contribution in [0.15, 0.2) is 82.1 Å². The molecular weight excluding hydrogens is 330 g/mol. The molecule has 0 saturated heterocycles. The molecule has 0 amide bonds. The SMILES string of the molecule is Cc1ccc(SC(=O)c2ccc(-c3nc4ccccc4o3)cc2)cc1. The number of nitrogens with zero attached hydrogens (tertiary/aromatic N) is 1. The van der Waals surface area contributed by atoms with Crippen molar-refractivity contribution in [3.63, 3.8) is 0 Å². The summed E-state index contributed by atoms with van der Waals surface area (Å²) in [5, 5.41) is 0.0213. The van der Waals surface area contributed by atoms with Gasteiger partial charge in [-0.25, -0.2) is 4.98 Å². The summed E-state index contributed by atoms with van der Waals surface area (Å²) in [6.45, 7) is 2.03. The second kappa shape index (κ2) is 6.57. The summed E-state index contributed by atoms with van der Waals surface area (Å²) in [5.74, 6) is 0.561. The predicted molar refractivity (Wildman–Crippen MR) is 101 cm³/mol. The molecule has 4 heteroatoms. The van der Waals surface area contributed by atoms with Crippen LogP contribution in [0.25, 0.3) is 22.6 Å². The molecule has 0 aliphatic carbocycles. The minimum absolute atomic E-state index is 0.0213. The highest BCUT2D eigenvalue weighted by Gasteiger charge is 2.11. The van der Waals surface area contributed by atoms with Crippen LogP contribution >= 0.6 is 11.8 Å². The number of aryl methyl sites for hydroxylation is 1. The standard InChI is InChI=1S/C21H15NO2S/c1-14-6-12-17(13-7-14)25-21(23)16-10-8-15(9-11-16)20-22-18-4-2-3-5-19(18)24-20/h2-13H,1H3. The van der Waals surface area contributed by atoms with Crippen molar-refractivity contribution in [2.75, 3.05) is 0 Å². The number of hydrogen-bond donors (Lipinski definition) is 0. The summed E-state index contributed by atoms with van der Waals surface area (Å²) in [6, 6.07) is 23.0. The van der Waals surface area contributed by atoms with Crippen molar-refractivity contribution in [3.05, 3.63) is 83.9 Å². The van der Waals surface area contributed by atoms with E-state index in [0.717, 1.165) is 21.6 Å². The number of fused-ring (bicyclic) bond motifs is 1. The van der Waals surface area contributed by atoms with Crippen molar-refractivity contribution in [2.24, 2.45) is 0 Å². The molecule has 0 unspecified atom stereocenters. The molecule has 0 atom stereocenters. The monoisotopic (exact) mass is 345 g/mol. The van der Waals surface area contributed by atoms with Crippen molar-refractivity contribution < 1.29 is 9.21 Å². The highest BCUT2D eigenvalue weighted by Crippen LogP contribution is 2.27. The van der Waals surface area contributed by atoms with Crippen molar-refractivity contribution in [2.45, 2.75) is 11.8 Å². The quantitative estimate of drug-likeness (QED) is 0.444. The molecular formula is C21H15NO2S. The number of carbonyl (C=O) groups is 1. The van der Waals surface area contributed by atoms with E-state index in [1.54, 1.807) is 0 Å². The van der Waals surface area contributed by atoms with Crippen LogP contribution in [0.1, 0.15) is 15.9 Å². The Kier molecular flexibility index (Phi) is 4.12. The third-order valence-corrected chi connectivity index (χ3v) is 4.82. The maximum absolute atomic E-state index is 12.4. The Morgan fingerprint density at radius 1 is 0.920 bits per heavy atom. The lowest BCUT2D eigenvalue weighted by Crippen LogP contribution is -1.93. The van der Waals surface area contributed by atoms with Gasteiger partial charge in [0.05, 0.1) is 0 Å². The van der Waals surface area contributed by atoms with E-state index in [-0.39, 0.29) is 5.12 Å². The zero-order valence-corrected chi connectivity index (χ0v) is 14.4. The van der Waals surface area contributed by atoms with Crippen LogP contribution in [0, 0.1) is 6.92 Å². The summed E-state index contributed by atoms with van der Waals surface area (Å²) in [6.07, 6.45) is 0. The zero-order valence-electron chi connectivity index (χ0n) is 13.6. The van der Waals surface area contributed by atoms with Crippen molar-refractivity contribution >= 4 is 28.0 Å². The van der Waals surface area contributed by atoms with Gasteiger partial charge in [-0.1, -0.05) is 29.8 Å². The molecule has 3 aromatic carbocycles. The first-order valence-electron chi connectivity index (χ1n) is 7.94.